The molecule has 0 bridgehead atoms. The summed E-state index contributed by atoms with van der Waals surface area (Å²) < 4.78 is 0. The van der Waals surface area contributed by atoms with Crippen LogP contribution in [0.5, 0.6) is 0 Å². The van der Waals surface area contributed by atoms with Gasteiger partial charge in [0.25, 0.3) is 0 Å². The average Bonchev–Trinajstić information content (AvgIpc) is 1.69. The number of carbonyl (C=O) groups is 1. The second-order valence-electron chi connectivity index (χ2n) is 0.643. The van der Waals surface area contributed by atoms with E-state index in [1.54, 1.807) is 0 Å². The minimum atomic E-state index is -0.968. The van der Waals surface area contributed by atoms with Crippen molar-refractivity contribution < 1.29 is 26.4 Å². The van der Waals surface area contributed by atoms with Crippen LogP contribution in [0.15, 0.2) is 0 Å². The Morgan fingerprint density at radius 2 is 1.78 bits per heavy atom. The standard InChI is InChI=1S/C2H5NO2.2ClH.H3N.Pt/c3-1-2(4)5;;;;/h1,3H2,(H,4,5);2*1H;1H3;/q;;;;+2/p-2. The van der Waals surface area contributed by atoms with Crippen LogP contribution >= 0.6 is 18.8 Å². The molecule has 0 saturated carbocycles. The third kappa shape index (κ3) is 54.3. The summed E-state index contributed by atoms with van der Waals surface area (Å²) in [7, 11) is 9.75. The van der Waals surface area contributed by atoms with E-state index in [1.165, 1.54) is 0 Å². The van der Waals surface area contributed by atoms with Crippen molar-refractivity contribution in [1.82, 2.24) is 6.15 Å². The van der Waals surface area contributed by atoms with E-state index in [2.05, 4.69) is 5.73 Å². The third-order valence-electron chi connectivity index (χ3n) is 0.175. The van der Waals surface area contributed by atoms with Crippen LogP contribution in [0.1, 0.15) is 0 Å². The predicted molar refractivity (Wildman–Crippen MR) is 33.4 cm³/mol. The van der Waals surface area contributed by atoms with E-state index in [9.17, 15) is 4.79 Å². The van der Waals surface area contributed by atoms with Gasteiger partial charge in [0.2, 0.25) is 0 Å². The van der Waals surface area contributed by atoms with Gasteiger partial charge < -0.3 is 17.0 Å². The molecule has 0 amide bonds. The topological polar surface area (TPSA) is 98.3 Å². The summed E-state index contributed by atoms with van der Waals surface area (Å²) >= 11 is -0.472. The van der Waals surface area contributed by atoms with Crippen LogP contribution in [-0.2, 0) is 21.3 Å². The summed E-state index contributed by atoms with van der Waals surface area (Å²) in [6.45, 7) is -0.278. The first-order valence-electron chi connectivity index (χ1n) is 1.43. The van der Waals surface area contributed by atoms with E-state index in [-0.39, 0.29) is 12.7 Å². The summed E-state index contributed by atoms with van der Waals surface area (Å²) in [5.74, 6) is -0.968. The number of halogens is 2. The number of nitrogens with two attached hydrogens (primary N) is 1. The van der Waals surface area contributed by atoms with Crippen LogP contribution < -0.4 is 11.9 Å². The molecule has 0 unspecified atom stereocenters. The van der Waals surface area contributed by atoms with Gasteiger partial charge in [0.1, 0.15) is 0 Å². The Morgan fingerprint density at radius 1 is 1.67 bits per heavy atom. The Balaban J connectivity index is -0.0000000800. The summed E-state index contributed by atoms with van der Waals surface area (Å²) in [5.41, 5.74) is 4.57. The second-order valence-corrected chi connectivity index (χ2v) is 3.93. The van der Waals surface area contributed by atoms with E-state index < -0.39 is 22.5 Å². The fourth-order valence-corrected chi connectivity index (χ4v) is 0. The van der Waals surface area contributed by atoms with Crippen molar-refractivity contribution in [3.63, 3.8) is 0 Å². The molecule has 6 N–H and O–H groups in total. The fraction of sp³-hybridized carbons (Fsp3) is 0.500. The molecule has 0 heterocycles. The molecular weight excluding hydrogens is 350 g/mol. The molecule has 7 heteroatoms. The van der Waals surface area contributed by atoms with Crippen molar-refractivity contribution in [3.05, 3.63) is 0 Å². The zero-order valence-electron chi connectivity index (χ0n) is 4.42. The molecule has 62 valence electrons. The van der Waals surface area contributed by atoms with Crippen molar-refractivity contribution in [2.24, 2.45) is 5.73 Å². The Hall–Kier alpha value is 0.658. The summed E-state index contributed by atoms with van der Waals surface area (Å²) in [5, 5.41) is 7.60. The first-order valence-corrected chi connectivity index (χ1v) is 7.06. The average molecular weight is 358 g/mol. The van der Waals surface area contributed by atoms with E-state index >= 15 is 0 Å². The molecule has 0 aromatic rings. The van der Waals surface area contributed by atoms with E-state index in [0.717, 1.165) is 0 Å². The van der Waals surface area contributed by atoms with Crippen LogP contribution in [0.3, 0.4) is 0 Å². The first-order chi connectivity index (χ1) is 3.68. The normalized spacial score (nSPS) is 6.56. The number of carboxylic acids is 1. The van der Waals surface area contributed by atoms with Gasteiger partial charge in [-0.15, -0.1) is 0 Å². The Bertz CT molecular complexity index is 64.5. The molecule has 0 fully saturated rings. The van der Waals surface area contributed by atoms with Crippen LogP contribution in [-0.4, -0.2) is 17.6 Å². The maximum atomic E-state index is 9.24. The van der Waals surface area contributed by atoms with Gasteiger partial charge >= 0.3 is 41.3 Å². The molecule has 0 spiro atoms. The first kappa shape index (κ1) is 16.3. The summed E-state index contributed by atoms with van der Waals surface area (Å²) in [4.78, 5) is 9.24. The molecule has 0 aromatic carbocycles. The molecule has 0 atom stereocenters. The van der Waals surface area contributed by atoms with E-state index in [4.69, 9.17) is 23.9 Å². The molecule has 0 aliphatic rings. The summed E-state index contributed by atoms with van der Waals surface area (Å²) in [6.07, 6.45) is 0. The van der Waals surface area contributed by atoms with Gasteiger partial charge in [-0.2, -0.15) is 0 Å². The second kappa shape index (κ2) is 15.9. The van der Waals surface area contributed by atoms with Gasteiger partial charge in [0.05, 0.1) is 6.54 Å². The SMILES string of the molecule is N.NCC(=O)O.[Cl][Pt][Cl]. The molecule has 4 nitrogen and oxygen atoms in total. The molecule has 0 radical (unpaired) electrons. The van der Waals surface area contributed by atoms with Crippen LogP contribution in [0.4, 0.5) is 0 Å². The van der Waals surface area contributed by atoms with Crippen molar-refractivity contribution in [3.8, 4) is 0 Å². The van der Waals surface area contributed by atoms with E-state index in [1.807, 2.05) is 0 Å². The van der Waals surface area contributed by atoms with Gasteiger partial charge in [0, 0.05) is 0 Å². The Morgan fingerprint density at radius 3 is 1.78 bits per heavy atom. The van der Waals surface area contributed by atoms with Crippen LogP contribution in [0.2, 0.25) is 0 Å². The Labute approximate surface area is 69.7 Å². The fourth-order valence-electron chi connectivity index (χ4n) is 0. The van der Waals surface area contributed by atoms with Gasteiger partial charge in [-0.1, -0.05) is 0 Å². The van der Waals surface area contributed by atoms with Crippen molar-refractivity contribution in [2.75, 3.05) is 6.54 Å². The van der Waals surface area contributed by atoms with Crippen molar-refractivity contribution in [1.29, 1.82) is 0 Å². The zero-order valence-corrected chi connectivity index (χ0v) is 8.20. The van der Waals surface area contributed by atoms with Gasteiger partial charge in [0.15, 0.2) is 0 Å². The molecule has 9 heavy (non-hydrogen) atoms. The number of rotatable bonds is 1. The Kier molecular flexibility index (Phi) is 28.8. The van der Waals surface area contributed by atoms with Gasteiger partial charge in [-0.05, 0) is 0 Å². The van der Waals surface area contributed by atoms with Crippen molar-refractivity contribution >= 4 is 24.8 Å². The van der Waals surface area contributed by atoms with E-state index in [0.29, 0.717) is 0 Å². The zero-order chi connectivity index (χ0) is 6.99. The minimum absolute atomic E-state index is 0. The quantitative estimate of drug-likeness (QED) is 0.638. The molecular formula is C2H8Cl2N2O2Pt. The number of aliphatic carboxylic acids is 1. The third-order valence-corrected chi connectivity index (χ3v) is 0.175. The molecule has 0 aromatic heterocycles. The number of carboxylic acid groups (broad SMARTS) is 1. The van der Waals surface area contributed by atoms with Crippen LogP contribution in [0, 0.1) is 0 Å². The molecule has 0 saturated heterocycles. The van der Waals surface area contributed by atoms with Gasteiger partial charge in [-0.25, -0.2) is 0 Å². The summed E-state index contributed by atoms with van der Waals surface area (Å²) in [6, 6.07) is 0. The predicted octanol–water partition coefficient (Wildman–Crippen LogP) is 0.568. The number of hydrogen-bond donors (Lipinski definition) is 3. The van der Waals surface area contributed by atoms with Gasteiger partial charge in [-0.3, -0.25) is 4.79 Å². The molecule has 0 rings (SSSR count). The van der Waals surface area contributed by atoms with Crippen LogP contribution in [0.25, 0.3) is 0 Å². The monoisotopic (exact) mass is 357 g/mol. The number of hydrogen-bond acceptors (Lipinski definition) is 3. The molecule has 0 aliphatic carbocycles. The maximum absolute atomic E-state index is 9.24. The molecule has 0 aliphatic heterocycles. The van der Waals surface area contributed by atoms with Crippen molar-refractivity contribution in [2.45, 2.75) is 0 Å².